The number of nitrogens with one attached hydrogen (secondary N) is 2. The second-order valence-corrected chi connectivity index (χ2v) is 4.57. The molecular weight excluding hydrogens is 238 g/mol. The molecule has 1 spiro atoms. The number of imide groups is 2. The van der Waals surface area contributed by atoms with Crippen molar-refractivity contribution >= 4 is 23.8 Å². The molecule has 98 valence electrons. The standard InChI is InChI=1S/C11H15N3O4/c1-12-7(15)3-6-14-9(17)11(4-2-5-11)8(16)13-10(14)18/h2-6H2,1H3,(H,12,15)(H,13,16,18). The zero-order valence-corrected chi connectivity index (χ0v) is 10.1. The zero-order valence-electron chi connectivity index (χ0n) is 10.1. The van der Waals surface area contributed by atoms with Crippen molar-refractivity contribution in [2.75, 3.05) is 13.6 Å². The third-order valence-corrected chi connectivity index (χ3v) is 3.60. The van der Waals surface area contributed by atoms with E-state index >= 15 is 0 Å². The number of carbonyl (C=O) groups is 4. The Labute approximate surface area is 104 Å². The molecule has 0 bridgehead atoms. The van der Waals surface area contributed by atoms with Crippen LogP contribution in [0.25, 0.3) is 0 Å². The molecule has 0 atom stereocenters. The van der Waals surface area contributed by atoms with Gasteiger partial charge >= 0.3 is 6.03 Å². The van der Waals surface area contributed by atoms with Crippen molar-refractivity contribution < 1.29 is 19.2 Å². The van der Waals surface area contributed by atoms with E-state index in [0.717, 1.165) is 11.3 Å². The fourth-order valence-electron chi connectivity index (χ4n) is 2.24. The van der Waals surface area contributed by atoms with Crippen LogP contribution in [0.1, 0.15) is 25.7 Å². The van der Waals surface area contributed by atoms with Gasteiger partial charge in [0, 0.05) is 20.0 Å². The third-order valence-electron chi connectivity index (χ3n) is 3.60. The summed E-state index contributed by atoms with van der Waals surface area (Å²) in [6, 6.07) is -0.730. The highest BCUT2D eigenvalue weighted by Gasteiger charge is 2.57. The maximum Gasteiger partial charge on any atom is 0.330 e. The van der Waals surface area contributed by atoms with Gasteiger partial charge in [-0.25, -0.2) is 4.79 Å². The Balaban J connectivity index is 2.09. The minimum absolute atomic E-state index is 0.000625. The van der Waals surface area contributed by atoms with Gasteiger partial charge in [-0.3, -0.25) is 24.6 Å². The molecule has 0 unspecified atom stereocenters. The number of rotatable bonds is 3. The molecule has 1 aliphatic heterocycles. The van der Waals surface area contributed by atoms with Crippen LogP contribution in [-0.2, 0) is 14.4 Å². The predicted molar refractivity (Wildman–Crippen MR) is 60.2 cm³/mol. The van der Waals surface area contributed by atoms with Gasteiger partial charge in [-0.05, 0) is 12.8 Å². The van der Waals surface area contributed by atoms with Gasteiger partial charge in [0.2, 0.25) is 17.7 Å². The van der Waals surface area contributed by atoms with Crippen LogP contribution in [-0.4, -0.2) is 42.2 Å². The topological polar surface area (TPSA) is 95.6 Å². The summed E-state index contributed by atoms with van der Waals surface area (Å²) < 4.78 is 0. The second-order valence-electron chi connectivity index (χ2n) is 4.57. The van der Waals surface area contributed by atoms with E-state index in [4.69, 9.17) is 0 Å². The molecule has 0 aromatic heterocycles. The first-order chi connectivity index (χ1) is 8.51. The van der Waals surface area contributed by atoms with Gasteiger partial charge in [0.05, 0.1) is 0 Å². The van der Waals surface area contributed by atoms with Gasteiger partial charge in [-0.1, -0.05) is 6.42 Å². The highest BCUT2D eigenvalue weighted by atomic mass is 16.2. The highest BCUT2D eigenvalue weighted by Crippen LogP contribution is 2.44. The summed E-state index contributed by atoms with van der Waals surface area (Å²) in [4.78, 5) is 47.5. The van der Waals surface area contributed by atoms with Crippen LogP contribution in [0.3, 0.4) is 0 Å². The Bertz CT molecular complexity index is 428. The monoisotopic (exact) mass is 253 g/mol. The first-order valence-electron chi connectivity index (χ1n) is 5.89. The summed E-state index contributed by atoms with van der Waals surface area (Å²) in [5.41, 5.74) is -1.06. The van der Waals surface area contributed by atoms with E-state index < -0.39 is 23.3 Å². The van der Waals surface area contributed by atoms with Crippen LogP contribution >= 0.6 is 0 Å². The number of carbonyl (C=O) groups excluding carboxylic acids is 4. The van der Waals surface area contributed by atoms with Crippen LogP contribution in [0.2, 0.25) is 0 Å². The molecule has 1 heterocycles. The number of urea groups is 1. The Morgan fingerprint density at radius 3 is 2.56 bits per heavy atom. The molecule has 5 amide bonds. The van der Waals surface area contributed by atoms with Crippen molar-refractivity contribution in [3.8, 4) is 0 Å². The summed E-state index contributed by atoms with van der Waals surface area (Å²) in [6.07, 6.45) is 1.79. The molecule has 0 aromatic rings. The Morgan fingerprint density at radius 2 is 2.06 bits per heavy atom. The molecule has 0 radical (unpaired) electrons. The average molecular weight is 253 g/mol. The highest BCUT2D eigenvalue weighted by molar-refractivity contribution is 6.19. The molecule has 2 fully saturated rings. The van der Waals surface area contributed by atoms with E-state index in [-0.39, 0.29) is 18.9 Å². The summed E-state index contributed by atoms with van der Waals surface area (Å²) in [6.45, 7) is -0.000625. The summed E-state index contributed by atoms with van der Waals surface area (Å²) >= 11 is 0. The summed E-state index contributed by atoms with van der Waals surface area (Å²) in [5.74, 6) is -1.22. The molecule has 7 heteroatoms. The molecular formula is C11H15N3O4. The first-order valence-corrected chi connectivity index (χ1v) is 5.89. The molecule has 7 nitrogen and oxygen atoms in total. The van der Waals surface area contributed by atoms with E-state index in [2.05, 4.69) is 10.6 Å². The number of nitrogens with zero attached hydrogens (tertiary/aromatic N) is 1. The number of hydrogen-bond donors (Lipinski definition) is 2. The second kappa shape index (κ2) is 4.40. The molecule has 2 N–H and O–H groups in total. The fourth-order valence-corrected chi connectivity index (χ4v) is 2.24. The Kier molecular flexibility index (Phi) is 3.06. The van der Waals surface area contributed by atoms with E-state index in [9.17, 15) is 19.2 Å². The summed E-state index contributed by atoms with van der Waals surface area (Å²) in [7, 11) is 1.48. The van der Waals surface area contributed by atoms with Crippen LogP contribution in [0.5, 0.6) is 0 Å². The molecule has 2 rings (SSSR count). The quantitative estimate of drug-likeness (QED) is 0.655. The van der Waals surface area contributed by atoms with Crippen LogP contribution < -0.4 is 10.6 Å². The van der Waals surface area contributed by atoms with Crippen molar-refractivity contribution in [3.63, 3.8) is 0 Å². The zero-order chi connectivity index (χ0) is 13.3. The Hall–Kier alpha value is -1.92. The molecule has 2 aliphatic rings. The van der Waals surface area contributed by atoms with Gasteiger partial charge in [0.25, 0.3) is 0 Å². The van der Waals surface area contributed by atoms with Crippen LogP contribution in [0.4, 0.5) is 4.79 Å². The minimum Gasteiger partial charge on any atom is -0.359 e. The smallest absolute Gasteiger partial charge is 0.330 e. The van der Waals surface area contributed by atoms with Crippen molar-refractivity contribution in [2.45, 2.75) is 25.7 Å². The van der Waals surface area contributed by atoms with Gasteiger partial charge in [-0.2, -0.15) is 0 Å². The normalized spacial score (nSPS) is 21.6. The molecule has 0 aromatic carbocycles. The van der Waals surface area contributed by atoms with E-state index in [0.29, 0.717) is 12.8 Å². The van der Waals surface area contributed by atoms with E-state index in [1.165, 1.54) is 7.05 Å². The van der Waals surface area contributed by atoms with Crippen LogP contribution in [0, 0.1) is 5.41 Å². The lowest BCUT2D eigenvalue weighted by Crippen LogP contribution is -2.66. The number of amides is 5. The molecule has 1 saturated carbocycles. The lowest BCUT2D eigenvalue weighted by molar-refractivity contribution is -0.157. The lowest BCUT2D eigenvalue weighted by Gasteiger charge is -2.44. The fraction of sp³-hybridized carbons (Fsp3) is 0.636. The molecule has 1 aliphatic carbocycles. The maximum atomic E-state index is 12.2. The van der Waals surface area contributed by atoms with Crippen molar-refractivity contribution in [1.82, 2.24) is 15.5 Å². The van der Waals surface area contributed by atoms with Crippen molar-refractivity contribution in [3.05, 3.63) is 0 Å². The predicted octanol–water partition coefficient (Wildman–Crippen LogP) is -0.629. The number of barbiturate groups is 1. The average Bonchev–Trinajstić information content (AvgIpc) is 2.26. The van der Waals surface area contributed by atoms with E-state index in [1.807, 2.05) is 0 Å². The van der Waals surface area contributed by atoms with Crippen molar-refractivity contribution in [2.24, 2.45) is 5.41 Å². The van der Waals surface area contributed by atoms with Gasteiger partial charge in [0.1, 0.15) is 5.41 Å². The Morgan fingerprint density at radius 1 is 1.39 bits per heavy atom. The third kappa shape index (κ3) is 1.75. The van der Waals surface area contributed by atoms with Gasteiger partial charge < -0.3 is 5.32 Å². The molecule has 1 saturated heterocycles. The minimum atomic E-state index is -1.06. The SMILES string of the molecule is CNC(=O)CCN1C(=O)NC(=O)C2(CCC2)C1=O. The van der Waals surface area contributed by atoms with E-state index in [1.54, 1.807) is 0 Å². The van der Waals surface area contributed by atoms with Crippen molar-refractivity contribution in [1.29, 1.82) is 0 Å². The molecule has 18 heavy (non-hydrogen) atoms. The summed E-state index contributed by atoms with van der Waals surface area (Å²) in [5, 5.41) is 4.61. The number of hydrogen-bond acceptors (Lipinski definition) is 4. The van der Waals surface area contributed by atoms with Gasteiger partial charge in [0.15, 0.2) is 0 Å². The first kappa shape index (κ1) is 12.5. The largest absolute Gasteiger partial charge is 0.359 e. The van der Waals surface area contributed by atoms with Gasteiger partial charge in [-0.15, -0.1) is 0 Å². The van der Waals surface area contributed by atoms with Crippen LogP contribution in [0.15, 0.2) is 0 Å². The maximum absolute atomic E-state index is 12.2. The lowest BCUT2D eigenvalue weighted by atomic mass is 9.66.